The van der Waals surface area contributed by atoms with Gasteiger partial charge in [0.1, 0.15) is 5.69 Å². The van der Waals surface area contributed by atoms with Crippen LogP contribution < -0.4 is 5.73 Å². The molecule has 6 heteroatoms. The Bertz CT molecular complexity index is 752. The van der Waals surface area contributed by atoms with Gasteiger partial charge in [-0.15, -0.1) is 0 Å². The highest BCUT2D eigenvalue weighted by Crippen LogP contribution is 2.24. The second kappa shape index (κ2) is 5.05. The van der Waals surface area contributed by atoms with Gasteiger partial charge in [0.15, 0.2) is 0 Å². The number of benzene rings is 1. The number of anilines is 1. The van der Waals surface area contributed by atoms with Gasteiger partial charge in [-0.2, -0.15) is 4.98 Å². The predicted molar refractivity (Wildman–Crippen MR) is 79.8 cm³/mol. The lowest BCUT2D eigenvalue weighted by Gasteiger charge is -2.00. The van der Waals surface area contributed by atoms with Crippen molar-refractivity contribution in [3.63, 3.8) is 0 Å². The lowest BCUT2D eigenvalue weighted by molar-refractivity contribution is 0.432. The molecule has 0 radical (unpaired) electrons. The monoisotopic (exact) mass is 330 g/mol. The van der Waals surface area contributed by atoms with E-state index in [0.717, 1.165) is 21.3 Å². The minimum Gasteiger partial charge on any atom is -0.399 e. The first kappa shape index (κ1) is 12.8. The molecule has 0 aliphatic rings. The van der Waals surface area contributed by atoms with Gasteiger partial charge in [0.25, 0.3) is 5.89 Å². The predicted octanol–water partition coefficient (Wildman–Crippen LogP) is 3.45. The zero-order valence-electron chi connectivity index (χ0n) is 10.7. The van der Waals surface area contributed by atoms with E-state index in [0.29, 0.717) is 17.4 Å². The van der Waals surface area contributed by atoms with Crippen LogP contribution in [0, 0.1) is 6.92 Å². The molecule has 0 bridgehead atoms. The fourth-order valence-corrected chi connectivity index (χ4v) is 2.00. The van der Waals surface area contributed by atoms with Crippen LogP contribution >= 0.6 is 15.9 Å². The highest BCUT2D eigenvalue weighted by atomic mass is 79.9. The molecule has 0 aliphatic carbocycles. The summed E-state index contributed by atoms with van der Waals surface area (Å²) in [6, 6.07) is 9.31. The lowest BCUT2D eigenvalue weighted by Crippen LogP contribution is -1.89. The van der Waals surface area contributed by atoms with Crippen molar-refractivity contribution in [1.82, 2.24) is 15.1 Å². The summed E-state index contributed by atoms with van der Waals surface area (Å²) in [4.78, 5) is 8.59. The number of pyridine rings is 1. The number of hydrogen-bond donors (Lipinski definition) is 1. The van der Waals surface area contributed by atoms with E-state index in [9.17, 15) is 0 Å². The Labute approximate surface area is 124 Å². The zero-order valence-corrected chi connectivity index (χ0v) is 12.3. The molecule has 1 aromatic carbocycles. The van der Waals surface area contributed by atoms with Gasteiger partial charge < -0.3 is 10.3 Å². The normalized spacial score (nSPS) is 10.7. The Morgan fingerprint density at radius 1 is 1.20 bits per heavy atom. The molecule has 20 heavy (non-hydrogen) atoms. The average molecular weight is 331 g/mol. The van der Waals surface area contributed by atoms with Crippen LogP contribution in [0.2, 0.25) is 0 Å². The van der Waals surface area contributed by atoms with E-state index >= 15 is 0 Å². The molecule has 2 N–H and O–H groups in total. The van der Waals surface area contributed by atoms with E-state index in [1.807, 2.05) is 37.3 Å². The van der Waals surface area contributed by atoms with Crippen molar-refractivity contribution in [3.05, 3.63) is 46.6 Å². The Morgan fingerprint density at radius 3 is 2.75 bits per heavy atom. The van der Waals surface area contributed by atoms with Crippen LogP contribution in [0.1, 0.15) is 5.56 Å². The summed E-state index contributed by atoms with van der Waals surface area (Å²) in [5, 5.41) is 3.95. The number of nitrogen functional groups attached to an aromatic ring is 1. The van der Waals surface area contributed by atoms with Crippen molar-refractivity contribution in [2.45, 2.75) is 6.92 Å². The Hall–Kier alpha value is -2.21. The van der Waals surface area contributed by atoms with E-state index in [4.69, 9.17) is 10.3 Å². The minimum atomic E-state index is 0.452. The number of aryl methyl sites for hydroxylation is 1. The van der Waals surface area contributed by atoms with Crippen LogP contribution in [0.25, 0.3) is 23.0 Å². The fraction of sp³-hybridized carbons (Fsp3) is 0.0714. The van der Waals surface area contributed by atoms with E-state index in [1.54, 1.807) is 6.20 Å². The minimum absolute atomic E-state index is 0.452. The van der Waals surface area contributed by atoms with Crippen LogP contribution in [0.3, 0.4) is 0 Å². The van der Waals surface area contributed by atoms with Gasteiger partial charge in [-0.3, -0.25) is 4.98 Å². The Kier molecular flexibility index (Phi) is 3.23. The van der Waals surface area contributed by atoms with Crippen LogP contribution in [-0.2, 0) is 0 Å². The largest absolute Gasteiger partial charge is 0.399 e. The molecule has 0 saturated heterocycles. The van der Waals surface area contributed by atoms with Crippen molar-refractivity contribution in [1.29, 1.82) is 0 Å². The summed E-state index contributed by atoms with van der Waals surface area (Å²) in [6.07, 6.45) is 1.69. The third-order valence-electron chi connectivity index (χ3n) is 2.90. The van der Waals surface area contributed by atoms with Crippen molar-refractivity contribution in [2.24, 2.45) is 0 Å². The summed E-state index contributed by atoms with van der Waals surface area (Å²) in [5.74, 6) is 0.912. The Balaban J connectivity index is 1.97. The number of hydrogen-bond acceptors (Lipinski definition) is 5. The van der Waals surface area contributed by atoms with E-state index in [1.165, 1.54) is 0 Å². The lowest BCUT2D eigenvalue weighted by atomic mass is 10.1. The molecule has 0 aliphatic heterocycles. The molecule has 3 rings (SSSR count). The second-order valence-electron chi connectivity index (χ2n) is 4.36. The maximum atomic E-state index is 5.80. The summed E-state index contributed by atoms with van der Waals surface area (Å²) < 4.78 is 6.18. The molecule has 2 heterocycles. The average Bonchev–Trinajstić information content (AvgIpc) is 2.92. The van der Waals surface area contributed by atoms with E-state index in [-0.39, 0.29) is 0 Å². The van der Waals surface area contributed by atoms with Gasteiger partial charge >= 0.3 is 0 Å². The zero-order chi connectivity index (χ0) is 14.1. The van der Waals surface area contributed by atoms with Crippen LogP contribution in [0.5, 0.6) is 0 Å². The number of halogens is 1. The SMILES string of the molecule is Cc1cc(-c2nc(-c3ccc(Br)cn3)no2)ccc1N. The van der Waals surface area contributed by atoms with Crippen LogP contribution in [0.15, 0.2) is 45.5 Å². The summed E-state index contributed by atoms with van der Waals surface area (Å²) in [7, 11) is 0. The molecule has 0 unspecified atom stereocenters. The van der Waals surface area contributed by atoms with Crippen molar-refractivity contribution >= 4 is 21.6 Å². The van der Waals surface area contributed by atoms with Gasteiger partial charge in [0, 0.05) is 21.9 Å². The highest BCUT2D eigenvalue weighted by Gasteiger charge is 2.12. The first-order valence-corrected chi connectivity index (χ1v) is 6.75. The molecule has 0 fully saturated rings. The topological polar surface area (TPSA) is 77.8 Å². The molecule has 0 spiro atoms. The molecule has 2 aromatic heterocycles. The third kappa shape index (κ3) is 2.42. The molecule has 0 amide bonds. The smallest absolute Gasteiger partial charge is 0.258 e. The maximum Gasteiger partial charge on any atom is 0.258 e. The first-order valence-electron chi connectivity index (χ1n) is 5.95. The van der Waals surface area contributed by atoms with Crippen LogP contribution in [-0.4, -0.2) is 15.1 Å². The van der Waals surface area contributed by atoms with Crippen molar-refractivity contribution in [2.75, 3.05) is 5.73 Å². The van der Waals surface area contributed by atoms with Gasteiger partial charge in [-0.1, -0.05) is 5.16 Å². The molecule has 0 saturated carbocycles. The Morgan fingerprint density at radius 2 is 2.05 bits per heavy atom. The molecule has 100 valence electrons. The highest BCUT2D eigenvalue weighted by molar-refractivity contribution is 9.10. The quantitative estimate of drug-likeness (QED) is 0.728. The summed E-state index contributed by atoms with van der Waals surface area (Å²) >= 11 is 3.34. The van der Waals surface area contributed by atoms with Gasteiger partial charge in [0.2, 0.25) is 5.82 Å². The molecule has 0 atom stereocenters. The second-order valence-corrected chi connectivity index (χ2v) is 5.27. The van der Waals surface area contributed by atoms with Crippen molar-refractivity contribution in [3.8, 4) is 23.0 Å². The summed E-state index contributed by atoms with van der Waals surface area (Å²) in [5.41, 5.74) is 9.01. The fourth-order valence-electron chi connectivity index (χ4n) is 1.76. The van der Waals surface area contributed by atoms with E-state index in [2.05, 4.69) is 31.1 Å². The van der Waals surface area contributed by atoms with E-state index < -0.39 is 0 Å². The third-order valence-corrected chi connectivity index (χ3v) is 3.37. The van der Waals surface area contributed by atoms with Gasteiger partial charge in [0.05, 0.1) is 0 Å². The summed E-state index contributed by atoms with van der Waals surface area (Å²) in [6.45, 7) is 1.94. The van der Waals surface area contributed by atoms with Gasteiger partial charge in [-0.05, 0) is 58.7 Å². The van der Waals surface area contributed by atoms with Gasteiger partial charge in [-0.25, -0.2) is 0 Å². The standard InChI is InChI=1S/C14H11BrN4O/c1-8-6-9(2-4-11(8)16)14-18-13(19-20-14)12-5-3-10(15)7-17-12/h2-7H,16H2,1H3. The number of nitrogens with two attached hydrogens (primary N) is 1. The van der Waals surface area contributed by atoms with Crippen molar-refractivity contribution < 1.29 is 4.52 Å². The first-order chi connectivity index (χ1) is 9.63. The number of aromatic nitrogens is 3. The maximum absolute atomic E-state index is 5.80. The number of rotatable bonds is 2. The molecular weight excluding hydrogens is 320 g/mol. The molecular formula is C14H11BrN4O. The molecule has 5 nitrogen and oxygen atoms in total. The number of nitrogens with zero attached hydrogens (tertiary/aromatic N) is 3. The van der Waals surface area contributed by atoms with Crippen LogP contribution in [0.4, 0.5) is 5.69 Å². The molecule has 3 aromatic rings.